The van der Waals surface area contributed by atoms with Gasteiger partial charge in [-0.05, 0) is 59.2 Å². The zero-order chi connectivity index (χ0) is 27.7. The summed E-state index contributed by atoms with van der Waals surface area (Å²) in [5.41, 5.74) is 3.39. The summed E-state index contributed by atoms with van der Waals surface area (Å²) in [6, 6.07) is 26.1. The van der Waals surface area contributed by atoms with Crippen LogP contribution in [0.25, 0.3) is 10.8 Å². The molecule has 198 valence electrons. The van der Waals surface area contributed by atoms with Gasteiger partial charge in [0.2, 0.25) is 0 Å². The monoisotopic (exact) mass is 520 g/mol. The number of nitrogens with zero attached hydrogens (tertiary/aromatic N) is 2. The van der Waals surface area contributed by atoms with E-state index in [1.165, 1.54) is 4.90 Å². The number of para-hydroxylation sites is 1. The minimum Gasteiger partial charge on any atom is -0.496 e. The van der Waals surface area contributed by atoms with Gasteiger partial charge in [-0.2, -0.15) is 0 Å². The molecular formula is C33H32N2O4. The lowest BCUT2D eigenvalue weighted by Crippen LogP contribution is -2.42. The van der Waals surface area contributed by atoms with Crippen LogP contribution < -0.4 is 9.64 Å². The molecule has 6 nitrogen and oxygen atoms in total. The number of benzene rings is 4. The van der Waals surface area contributed by atoms with Gasteiger partial charge in [-0.3, -0.25) is 19.3 Å². The Hall–Kier alpha value is -4.45. The quantitative estimate of drug-likeness (QED) is 0.262. The maximum atomic E-state index is 13.8. The second kappa shape index (κ2) is 10.4. The fraction of sp³-hybridized carbons (Fsp3) is 0.242. The summed E-state index contributed by atoms with van der Waals surface area (Å²) in [6.45, 7) is 6.94. The third kappa shape index (κ3) is 4.90. The smallest absolute Gasteiger partial charge is 0.262 e. The van der Waals surface area contributed by atoms with Gasteiger partial charge in [-0.1, -0.05) is 69.3 Å². The molecule has 0 N–H and O–H groups in total. The SMILES string of the molecule is COc1ccccc1C(=O)N(CCCN1C(=O)c2cccc3cccc(c23)C1=O)c1ccc(C(C)(C)C)cc1. The van der Waals surface area contributed by atoms with Gasteiger partial charge in [-0.15, -0.1) is 0 Å². The Morgan fingerprint density at radius 2 is 1.44 bits per heavy atom. The molecular weight excluding hydrogens is 488 g/mol. The molecule has 0 fully saturated rings. The fourth-order valence-corrected chi connectivity index (χ4v) is 5.13. The fourth-order valence-electron chi connectivity index (χ4n) is 5.13. The lowest BCUT2D eigenvalue weighted by Gasteiger charge is -2.29. The topological polar surface area (TPSA) is 66.9 Å². The summed E-state index contributed by atoms with van der Waals surface area (Å²) in [5, 5.41) is 1.58. The average Bonchev–Trinajstić information content (AvgIpc) is 2.94. The Morgan fingerprint density at radius 3 is 2.03 bits per heavy atom. The second-order valence-electron chi connectivity index (χ2n) is 10.8. The van der Waals surface area contributed by atoms with E-state index in [2.05, 4.69) is 20.8 Å². The highest BCUT2D eigenvalue weighted by Gasteiger charge is 2.32. The van der Waals surface area contributed by atoms with E-state index >= 15 is 0 Å². The summed E-state index contributed by atoms with van der Waals surface area (Å²) >= 11 is 0. The summed E-state index contributed by atoms with van der Waals surface area (Å²) < 4.78 is 5.46. The number of hydrogen-bond acceptors (Lipinski definition) is 4. The Balaban J connectivity index is 1.41. The molecule has 0 saturated heterocycles. The number of carbonyl (C=O) groups excluding carboxylic acids is 3. The number of hydrogen-bond donors (Lipinski definition) is 0. The van der Waals surface area contributed by atoms with Crippen molar-refractivity contribution >= 4 is 34.2 Å². The third-order valence-electron chi connectivity index (χ3n) is 7.25. The molecule has 6 heteroatoms. The molecule has 1 heterocycles. The van der Waals surface area contributed by atoms with E-state index < -0.39 is 0 Å². The van der Waals surface area contributed by atoms with Gasteiger partial charge >= 0.3 is 0 Å². The average molecular weight is 521 g/mol. The maximum absolute atomic E-state index is 13.8. The number of imide groups is 1. The zero-order valence-electron chi connectivity index (χ0n) is 22.7. The van der Waals surface area contributed by atoms with Crippen molar-refractivity contribution in [3.63, 3.8) is 0 Å². The van der Waals surface area contributed by atoms with Crippen LogP contribution in [-0.4, -0.2) is 42.8 Å². The minimum atomic E-state index is -0.304. The first-order chi connectivity index (χ1) is 18.7. The molecule has 0 atom stereocenters. The van der Waals surface area contributed by atoms with Crippen LogP contribution in [0.4, 0.5) is 5.69 Å². The highest BCUT2D eigenvalue weighted by atomic mass is 16.5. The zero-order valence-corrected chi connectivity index (χ0v) is 22.7. The number of anilines is 1. The number of rotatable bonds is 7. The van der Waals surface area contributed by atoms with Gasteiger partial charge in [0.05, 0.1) is 12.7 Å². The maximum Gasteiger partial charge on any atom is 0.262 e. The first-order valence-electron chi connectivity index (χ1n) is 13.1. The van der Waals surface area contributed by atoms with Crippen molar-refractivity contribution in [3.05, 3.63) is 107 Å². The first-order valence-corrected chi connectivity index (χ1v) is 13.1. The summed E-state index contributed by atoms with van der Waals surface area (Å²) in [4.78, 5) is 43.5. The summed E-state index contributed by atoms with van der Waals surface area (Å²) in [5.74, 6) is -0.324. The van der Waals surface area contributed by atoms with E-state index in [1.54, 1.807) is 42.3 Å². The standard InChI is InChI=1S/C33H32N2O4/c1-33(2,3)23-16-18-24(19-17-23)34(30(36)25-12-5-6-15-28(25)39-4)20-9-21-35-31(37)26-13-7-10-22-11-8-14-27(29(22)26)32(35)38/h5-8,10-19H,9,20-21H2,1-4H3. The Labute approximate surface area is 228 Å². The van der Waals surface area contributed by atoms with E-state index in [4.69, 9.17) is 4.74 Å². The number of ether oxygens (including phenoxy) is 1. The normalized spacial score (nSPS) is 13.1. The van der Waals surface area contributed by atoms with E-state index in [-0.39, 0.29) is 29.7 Å². The van der Waals surface area contributed by atoms with Crippen molar-refractivity contribution in [3.8, 4) is 5.75 Å². The van der Waals surface area contributed by atoms with Crippen LogP contribution in [0.3, 0.4) is 0 Å². The van der Waals surface area contributed by atoms with Crippen LogP contribution in [0.15, 0.2) is 84.9 Å². The molecule has 0 aliphatic carbocycles. The van der Waals surface area contributed by atoms with Crippen LogP contribution in [-0.2, 0) is 5.41 Å². The predicted octanol–water partition coefficient (Wildman–Crippen LogP) is 6.48. The van der Waals surface area contributed by atoms with Gasteiger partial charge in [0, 0.05) is 35.3 Å². The van der Waals surface area contributed by atoms with Gasteiger partial charge in [-0.25, -0.2) is 0 Å². The van der Waals surface area contributed by atoms with Crippen LogP contribution in [0.1, 0.15) is 63.8 Å². The molecule has 4 aromatic carbocycles. The van der Waals surface area contributed by atoms with Crippen LogP contribution in [0.2, 0.25) is 0 Å². The van der Waals surface area contributed by atoms with E-state index in [0.717, 1.165) is 16.6 Å². The van der Waals surface area contributed by atoms with E-state index in [0.29, 0.717) is 40.8 Å². The second-order valence-corrected chi connectivity index (χ2v) is 10.8. The van der Waals surface area contributed by atoms with Gasteiger partial charge in [0.25, 0.3) is 17.7 Å². The Kier molecular flexibility index (Phi) is 6.96. The van der Waals surface area contributed by atoms with Crippen molar-refractivity contribution in [1.82, 2.24) is 4.90 Å². The van der Waals surface area contributed by atoms with Crippen LogP contribution >= 0.6 is 0 Å². The molecule has 0 unspecified atom stereocenters. The lowest BCUT2D eigenvalue weighted by molar-refractivity contribution is 0.0610. The van der Waals surface area contributed by atoms with Crippen molar-refractivity contribution in [2.45, 2.75) is 32.6 Å². The molecule has 39 heavy (non-hydrogen) atoms. The molecule has 0 aromatic heterocycles. The predicted molar refractivity (Wildman–Crippen MR) is 154 cm³/mol. The Morgan fingerprint density at radius 1 is 0.821 bits per heavy atom. The van der Waals surface area contributed by atoms with Gasteiger partial charge in [0.15, 0.2) is 0 Å². The minimum absolute atomic E-state index is 0.0237. The van der Waals surface area contributed by atoms with E-state index in [1.807, 2.05) is 54.6 Å². The number of carbonyl (C=O) groups is 3. The first kappa shape index (κ1) is 26.2. The van der Waals surface area contributed by atoms with Crippen molar-refractivity contribution in [2.24, 2.45) is 0 Å². The summed E-state index contributed by atoms with van der Waals surface area (Å²) in [6.07, 6.45) is 0.414. The number of amides is 3. The van der Waals surface area contributed by atoms with Crippen molar-refractivity contribution in [1.29, 1.82) is 0 Å². The molecule has 0 spiro atoms. The molecule has 3 amide bonds. The molecule has 1 aliphatic heterocycles. The van der Waals surface area contributed by atoms with Crippen molar-refractivity contribution < 1.29 is 19.1 Å². The largest absolute Gasteiger partial charge is 0.496 e. The molecule has 0 radical (unpaired) electrons. The van der Waals surface area contributed by atoms with Crippen LogP contribution in [0.5, 0.6) is 5.75 Å². The molecule has 5 rings (SSSR count). The number of methoxy groups -OCH3 is 1. The Bertz CT molecular complexity index is 1520. The molecule has 4 aromatic rings. The molecule has 1 aliphatic rings. The van der Waals surface area contributed by atoms with Gasteiger partial charge in [0.1, 0.15) is 5.75 Å². The van der Waals surface area contributed by atoms with Gasteiger partial charge < -0.3 is 9.64 Å². The highest BCUT2D eigenvalue weighted by molar-refractivity contribution is 6.25. The summed E-state index contributed by atoms with van der Waals surface area (Å²) in [7, 11) is 1.54. The molecule has 0 bridgehead atoms. The van der Waals surface area contributed by atoms with Crippen LogP contribution in [0, 0.1) is 0 Å². The molecule has 0 saturated carbocycles. The van der Waals surface area contributed by atoms with Crippen molar-refractivity contribution in [2.75, 3.05) is 25.1 Å². The van der Waals surface area contributed by atoms with E-state index in [9.17, 15) is 14.4 Å². The lowest BCUT2D eigenvalue weighted by atomic mass is 9.87. The third-order valence-corrected chi connectivity index (χ3v) is 7.25. The highest BCUT2D eigenvalue weighted by Crippen LogP contribution is 2.31.